The molecule has 36 heavy (non-hydrogen) atoms. The fourth-order valence-electron chi connectivity index (χ4n) is 5.60. The summed E-state index contributed by atoms with van der Waals surface area (Å²) in [6, 6.07) is 18.2. The van der Waals surface area contributed by atoms with E-state index in [9.17, 15) is 15.0 Å². The molecule has 1 saturated heterocycles. The molecule has 2 atom stereocenters. The van der Waals surface area contributed by atoms with Crippen LogP contribution in [-0.4, -0.2) is 40.5 Å². The van der Waals surface area contributed by atoms with Crippen molar-refractivity contribution >= 4 is 5.78 Å². The maximum absolute atomic E-state index is 12.2. The molecule has 1 aliphatic heterocycles. The smallest absolute Gasteiger partial charge is 0.159 e. The molecular weight excluding hydrogens is 446 g/mol. The van der Waals surface area contributed by atoms with Gasteiger partial charge in [0.25, 0.3) is 0 Å². The highest BCUT2D eigenvalue weighted by atomic mass is 16.3. The molecule has 1 aliphatic carbocycles. The van der Waals surface area contributed by atoms with E-state index in [1.165, 1.54) is 5.56 Å². The Morgan fingerprint density at radius 1 is 0.972 bits per heavy atom. The predicted octanol–water partition coefficient (Wildman–Crippen LogP) is 5.85. The summed E-state index contributed by atoms with van der Waals surface area (Å²) in [4.78, 5) is 14.6. The van der Waals surface area contributed by atoms with Gasteiger partial charge in [0.05, 0.1) is 6.10 Å². The maximum Gasteiger partial charge on any atom is 0.159 e. The molecule has 0 spiro atoms. The van der Waals surface area contributed by atoms with Gasteiger partial charge in [-0.05, 0) is 85.0 Å². The monoisotopic (exact) mass is 487 g/mol. The number of benzene rings is 2. The van der Waals surface area contributed by atoms with Crippen LogP contribution < -0.4 is 0 Å². The number of carbonyl (C=O) groups is 1. The van der Waals surface area contributed by atoms with Gasteiger partial charge >= 0.3 is 0 Å². The third-order valence-electron chi connectivity index (χ3n) is 7.88. The number of ketones is 1. The van der Waals surface area contributed by atoms with Crippen molar-refractivity contribution in [3.8, 4) is 0 Å². The lowest BCUT2D eigenvalue weighted by Crippen LogP contribution is -2.45. The Morgan fingerprint density at radius 3 is 2.25 bits per heavy atom. The first-order valence-electron chi connectivity index (χ1n) is 13.4. The van der Waals surface area contributed by atoms with Crippen molar-refractivity contribution in [1.82, 2.24) is 4.90 Å². The van der Waals surface area contributed by atoms with Gasteiger partial charge < -0.3 is 15.1 Å². The minimum atomic E-state index is -1.16. The first-order valence-corrected chi connectivity index (χ1v) is 13.4. The molecule has 0 aromatic heterocycles. The molecule has 0 radical (unpaired) electrons. The number of nitrogens with zero attached hydrogens (tertiary/aromatic N) is 1. The highest BCUT2D eigenvalue weighted by Gasteiger charge is 2.42. The zero-order chi connectivity index (χ0) is 25.8. The van der Waals surface area contributed by atoms with Crippen molar-refractivity contribution in [2.45, 2.75) is 70.0 Å². The van der Waals surface area contributed by atoms with Gasteiger partial charge in [-0.1, -0.05) is 87.5 Å². The summed E-state index contributed by atoms with van der Waals surface area (Å²) in [6.07, 6.45) is 8.78. The van der Waals surface area contributed by atoms with Crippen LogP contribution in [0, 0.1) is 5.92 Å². The Balaban J connectivity index is 1.33. The van der Waals surface area contributed by atoms with E-state index in [1.807, 2.05) is 42.5 Å². The molecular formula is C32H41NO3. The van der Waals surface area contributed by atoms with Crippen LogP contribution in [0.3, 0.4) is 0 Å². The highest BCUT2D eigenvalue weighted by molar-refractivity contribution is 5.93. The lowest BCUT2D eigenvalue weighted by Gasteiger charge is -2.43. The van der Waals surface area contributed by atoms with E-state index in [4.69, 9.17) is 0 Å². The van der Waals surface area contributed by atoms with Gasteiger partial charge in [-0.2, -0.15) is 0 Å². The molecule has 1 heterocycles. The second kappa shape index (κ2) is 11.2. The number of carbonyl (C=O) groups excluding carboxylic acids is 1. The summed E-state index contributed by atoms with van der Waals surface area (Å²) in [5.74, 6) is 0.0933. The number of aliphatic hydroxyl groups is 2. The molecule has 192 valence electrons. The van der Waals surface area contributed by atoms with Gasteiger partial charge in [-0.15, -0.1) is 0 Å². The molecule has 4 rings (SSSR count). The third-order valence-corrected chi connectivity index (χ3v) is 7.88. The van der Waals surface area contributed by atoms with Crippen molar-refractivity contribution in [3.63, 3.8) is 0 Å². The molecule has 2 N–H and O–H groups in total. The topological polar surface area (TPSA) is 60.8 Å². The van der Waals surface area contributed by atoms with Crippen molar-refractivity contribution in [2.24, 2.45) is 5.92 Å². The van der Waals surface area contributed by atoms with Crippen molar-refractivity contribution in [2.75, 3.05) is 19.6 Å². The van der Waals surface area contributed by atoms with Crippen LogP contribution in [0.15, 0.2) is 78.4 Å². The quantitative estimate of drug-likeness (QED) is 0.490. The number of hydrogen-bond donors (Lipinski definition) is 2. The fraction of sp³-hybridized carbons (Fsp3) is 0.469. The second-order valence-corrected chi connectivity index (χ2v) is 11.5. The van der Waals surface area contributed by atoms with Crippen LogP contribution in [0.5, 0.6) is 0 Å². The van der Waals surface area contributed by atoms with Gasteiger partial charge in [-0.25, -0.2) is 0 Å². The first-order chi connectivity index (χ1) is 17.2. The van der Waals surface area contributed by atoms with E-state index in [0.29, 0.717) is 12.0 Å². The summed E-state index contributed by atoms with van der Waals surface area (Å²) >= 11 is 0. The lowest BCUT2D eigenvalue weighted by molar-refractivity contribution is -0.114. The molecule has 4 heteroatoms. The predicted molar refractivity (Wildman–Crippen MR) is 146 cm³/mol. The minimum Gasteiger partial charge on any atom is -0.388 e. The van der Waals surface area contributed by atoms with E-state index < -0.39 is 11.7 Å². The van der Waals surface area contributed by atoms with Gasteiger partial charge in [0.15, 0.2) is 5.78 Å². The Hall–Kier alpha value is -2.53. The highest BCUT2D eigenvalue weighted by Crippen LogP contribution is 2.43. The Kier molecular flexibility index (Phi) is 8.29. The van der Waals surface area contributed by atoms with Crippen LogP contribution in [0.2, 0.25) is 0 Å². The largest absolute Gasteiger partial charge is 0.388 e. The number of likely N-dealkylation sites (tertiary alicyclic amines) is 1. The number of piperidine rings is 1. The number of aliphatic hydroxyl groups excluding tert-OH is 1. The first kappa shape index (κ1) is 26.5. The normalized spacial score (nSPS) is 20.1. The van der Waals surface area contributed by atoms with Gasteiger partial charge in [-0.3, -0.25) is 4.79 Å². The molecule has 2 aliphatic rings. The van der Waals surface area contributed by atoms with E-state index in [0.717, 1.165) is 56.4 Å². The number of hydrogen-bond acceptors (Lipinski definition) is 4. The van der Waals surface area contributed by atoms with Gasteiger partial charge in [0.2, 0.25) is 0 Å². The van der Waals surface area contributed by atoms with E-state index >= 15 is 0 Å². The molecule has 4 nitrogen and oxygen atoms in total. The third kappa shape index (κ3) is 6.05. The molecule has 0 amide bonds. The van der Waals surface area contributed by atoms with E-state index in [-0.39, 0.29) is 17.1 Å². The van der Waals surface area contributed by atoms with Gasteiger partial charge in [0.1, 0.15) is 5.60 Å². The zero-order valence-electron chi connectivity index (χ0n) is 22.0. The SMILES string of the molecule is CC(C)(C)c1ccc(C(O)CCCN2CCC(C(O)(C3=CC(=O)CC=C3)c3ccccc3)CC2)cc1. The summed E-state index contributed by atoms with van der Waals surface area (Å²) in [7, 11) is 0. The second-order valence-electron chi connectivity index (χ2n) is 11.5. The Labute approximate surface area is 216 Å². The van der Waals surface area contributed by atoms with E-state index in [2.05, 4.69) is 49.9 Å². The van der Waals surface area contributed by atoms with Crippen molar-refractivity contribution in [1.29, 1.82) is 0 Å². The summed E-state index contributed by atoms with van der Waals surface area (Å²) < 4.78 is 0. The minimum absolute atomic E-state index is 0.0462. The molecule has 1 fully saturated rings. The van der Waals surface area contributed by atoms with Crippen LogP contribution in [0.25, 0.3) is 0 Å². The standard InChI is InChI=1S/C32H41NO3/c1-31(2,3)25-16-14-24(15-17-25)30(35)13-8-20-33-21-18-27(19-22-33)32(36,26-9-5-4-6-10-26)28-11-7-12-29(34)23-28/h4-7,9-11,14-17,23,27,30,35-36H,8,12-13,18-22H2,1-3H3. The molecule has 0 saturated carbocycles. The van der Waals surface area contributed by atoms with Crippen LogP contribution >= 0.6 is 0 Å². The average molecular weight is 488 g/mol. The Morgan fingerprint density at radius 2 is 1.64 bits per heavy atom. The lowest BCUT2D eigenvalue weighted by atomic mass is 9.70. The van der Waals surface area contributed by atoms with Crippen LogP contribution in [0.1, 0.15) is 75.7 Å². The molecule has 2 unspecified atom stereocenters. The zero-order valence-corrected chi connectivity index (χ0v) is 22.0. The van der Waals surface area contributed by atoms with Crippen molar-refractivity contribution < 1.29 is 15.0 Å². The number of rotatable bonds is 8. The van der Waals surface area contributed by atoms with Crippen LogP contribution in [0.4, 0.5) is 0 Å². The van der Waals surface area contributed by atoms with E-state index in [1.54, 1.807) is 6.08 Å². The number of allylic oxidation sites excluding steroid dienone is 2. The Bertz CT molecular complexity index is 1070. The average Bonchev–Trinajstić information content (AvgIpc) is 2.88. The van der Waals surface area contributed by atoms with Gasteiger partial charge in [0, 0.05) is 6.42 Å². The fourth-order valence-corrected chi connectivity index (χ4v) is 5.60. The van der Waals surface area contributed by atoms with Crippen molar-refractivity contribution in [3.05, 3.63) is 95.1 Å². The summed E-state index contributed by atoms with van der Waals surface area (Å²) in [6.45, 7) is 9.34. The maximum atomic E-state index is 12.2. The summed E-state index contributed by atoms with van der Waals surface area (Å²) in [5.41, 5.74) is 2.79. The van der Waals surface area contributed by atoms with Crippen LogP contribution in [-0.2, 0) is 15.8 Å². The molecule has 0 bridgehead atoms. The molecule has 2 aromatic rings. The molecule has 2 aromatic carbocycles. The summed E-state index contributed by atoms with van der Waals surface area (Å²) in [5, 5.41) is 22.7.